The van der Waals surface area contributed by atoms with E-state index >= 15 is 0 Å². The van der Waals surface area contributed by atoms with Crippen molar-refractivity contribution in [2.24, 2.45) is 5.92 Å². The standard InChI is InChI=1S/C36H48O4Si/c1-8-9-12-17-27-22-23-30-26(2)31(36(6,7)39-32(30)24-27)25-33(34(37)38)40-41(35(3,4)5,28-18-13-10-14-19-28)29-20-15-11-16-21-29/h10-11,13-16,18-24,26,31,33H,8-9,12,17,25H2,1-7H3,(H,37,38). The predicted octanol–water partition coefficient (Wildman–Crippen LogP) is 7.73. The summed E-state index contributed by atoms with van der Waals surface area (Å²) in [7, 11) is -3.04. The van der Waals surface area contributed by atoms with Crippen LogP contribution in [0.3, 0.4) is 0 Å². The Balaban J connectivity index is 1.71. The van der Waals surface area contributed by atoms with Gasteiger partial charge in [0.2, 0.25) is 0 Å². The third-order valence-electron chi connectivity index (χ3n) is 8.99. The van der Waals surface area contributed by atoms with Gasteiger partial charge in [-0.3, -0.25) is 0 Å². The fourth-order valence-electron chi connectivity index (χ4n) is 6.78. The molecule has 220 valence electrons. The van der Waals surface area contributed by atoms with E-state index in [2.05, 4.69) is 90.9 Å². The molecule has 0 bridgehead atoms. The van der Waals surface area contributed by atoms with Gasteiger partial charge in [-0.15, -0.1) is 0 Å². The molecule has 0 saturated carbocycles. The Bertz CT molecular complexity index is 1260. The van der Waals surface area contributed by atoms with Gasteiger partial charge < -0.3 is 14.3 Å². The van der Waals surface area contributed by atoms with Crippen molar-refractivity contribution in [3.63, 3.8) is 0 Å². The molecular formula is C36H48O4Si. The van der Waals surface area contributed by atoms with E-state index in [1.54, 1.807) is 0 Å². The smallest absolute Gasteiger partial charge is 0.331 e. The monoisotopic (exact) mass is 572 g/mol. The van der Waals surface area contributed by atoms with Gasteiger partial charge in [0.05, 0.1) is 0 Å². The molecule has 0 fully saturated rings. The lowest BCUT2D eigenvalue weighted by molar-refractivity contribution is -0.147. The number of aryl methyl sites for hydroxylation is 1. The molecule has 3 atom stereocenters. The molecule has 3 aromatic rings. The number of hydrogen-bond acceptors (Lipinski definition) is 3. The Morgan fingerprint density at radius 2 is 1.56 bits per heavy atom. The third kappa shape index (κ3) is 6.47. The summed E-state index contributed by atoms with van der Waals surface area (Å²) >= 11 is 0. The number of hydrogen-bond donors (Lipinski definition) is 1. The summed E-state index contributed by atoms with van der Waals surface area (Å²) in [4.78, 5) is 13.0. The predicted molar refractivity (Wildman–Crippen MR) is 171 cm³/mol. The molecule has 1 aliphatic heterocycles. The van der Waals surface area contributed by atoms with Crippen LogP contribution < -0.4 is 15.1 Å². The maximum absolute atomic E-state index is 13.0. The van der Waals surface area contributed by atoms with Crippen molar-refractivity contribution in [1.82, 2.24) is 0 Å². The molecule has 3 aromatic carbocycles. The van der Waals surface area contributed by atoms with Crippen LogP contribution in [-0.4, -0.2) is 31.1 Å². The highest BCUT2D eigenvalue weighted by atomic mass is 28.4. The molecule has 1 aliphatic rings. The molecule has 0 spiro atoms. The van der Waals surface area contributed by atoms with E-state index in [4.69, 9.17) is 9.16 Å². The highest BCUT2D eigenvalue weighted by Crippen LogP contribution is 2.48. The summed E-state index contributed by atoms with van der Waals surface area (Å²) in [6, 6.07) is 27.1. The fraction of sp³-hybridized carbons (Fsp3) is 0.472. The number of rotatable bonds is 11. The molecular weight excluding hydrogens is 524 g/mol. The average Bonchev–Trinajstić information content (AvgIpc) is 2.92. The third-order valence-corrected chi connectivity index (χ3v) is 14.0. The second-order valence-corrected chi connectivity index (χ2v) is 17.5. The summed E-state index contributed by atoms with van der Waals surface area (Å²) in [6.45, 7) is 15.2. The van der Waals surface area contributed by atoms with Crippen molar-refractivity contribution in [3.8, 4) is 5.75 Å². The molecule has 3 unspecified atom stereocenters. The van der Waals surface area contributed by atoms with Crippen molar-refractivity contribution in [1.29, 1.82) is 0 Å². The Hall–Kier alpha value is -2.89. The molecule has 5 heteroatoms. The van der Waals surface area contributed by atoms with Crippen LogP contribution >= 0.6 is 0 Å². The number of fused-ring (bicyclic) bond motifs is 1. The first-order valence-electron chi connectivity index (χ1n) is 15.2. The number of aliphatic carboxylic acids is 1. The summed E-state index contributed by atoms with van der Waals surface area (Å²) in [6.07, 6.45) is 4.04. The van der Waals surface area contributed by atoms with Gasteiger partial charge in [-0.25, -0.2) is 4.79 Å². The Morgan fingerprint density at radius 3 is 2.07 bits per heavy atom. The van der Waals surface area contributed by atoms with Crippen LogP contribution in [0.4, 0.5) is 0 Å². The van der Waals surface area contributed by atoms with Crippen LogP contribution in [0.15, 0.2) is 78.9 Å². The topological polar surface area (TPSA) is 55.8 Å². The highest BCUT2D eigenvalue weighted by Gasteiger charge is 2.53. The van der Waals surface area contributed by atoms with E-state index in [-0.39, 0.29) is 16.9 Å². The van der Waals surface area contributed by atoms with Crippen LogP contribution in [0.5, 0.6) is 5.75 Å². The van der Waals surface area contributed by atoms with Crippen molar-refractivity contribution < 1.29 is 19.1 Å². The lowest BCUT2D eigenvalue weighted by Gasteiger charge is -2.47. The Kier molecular flexibility index (Phi) is 9.50. The number of unbranched alkanes of at least 4 members (excludes halogenated alkanes) is 2. The normalized spacial score (nSPS) is 19.2. The van der Waals surface area contributed by atoms with Crippen LogP contribution in [0.2, 0.25) is 5.04 Å². The largest absolute Gasteiger partial charge is 0.487 e. The molecule has 4 rings (SSSR count). The van der Waals surface area contributed by atoms with Crippen molar-refractivity contribution in [3.05, 3.63) is 90.0 Å². The van der Waals surface area contributed by atoms with Crippen molar-refractivity contribution in [2.75, 3.05) is 0 Å². The Morgan fingerprint density at radius 1 is 0.976 bits per heavy atom. The highest BCUT2D eigenvalue weighted by molar-refractivity contribution is 6.99. The zero-order valence-electron chi connectivity index (χ0n) is 25.9. The van der Waals surface area contributed by atoms with Gasteiger partial charge in [0.15, 0.2) is 0 Å². The first-order valence-corrected chi connectivity index (χ1v) is 17.1. The van der Waals surface area contributed by atoms with Gasteiger partial charge >= 0.3 is 5.97 Å². The molecule has 0 radical (unpaired) electrons. The van der Waals surface area contributed by atoms with Gasteiger partial charge in [0.1, 0.15) is 17.5 Å². The maximum atomic E-state index is 13.0. The van der Waals surface area contributed by atoms with E-state index in [1.165, 1.54) is 24.8 Å². The number of benzene rings is 3. The average molecular weight is 573 g/mol. The van der Waals surface area contributed by atoms with E-state index in [1.807, 2.05) is 36.4 Å². The molecule has 0 saturated heterocycles. The number of carboxylic acids is 1. The number of carboxylic acid groups (broad SMARTS) is 1. The summed E-state index contributed by atoms with van der Waals surface area (Å²) in [5, 5.41) is 12.5. The summed E-state index contributed by atoms with van der Waals surface area (Å²) in [5.74, 6) is 0.105. The van der Waals surface area contributed by atoms with Gasteiger partial charge in [-0.05, 0) is 71.6 Å². The van der Waals surface area contributed by atoms with E-state index in [0.29, 0.717) is 6.42 Å². The minimum absolute atomic E-state index is 0.0414. The quantitative estimate of drug-likeness (QED) is 0.189. The molecule has 41 heavy (non-hydrogen) atoms. The Labute approximate surface area is 248 Å². The van der Waals surface area contributed by atoms with Crippen LogP contribution in [-0.2, 0) is 15.6 Å². The van der Waals surface area contributed by atoms with Gasteiger partial charge in [-0.1, -0.05) is 120 Å². The molecule has 0 amide bonds. The second kappa shape index (κ2) is 12.5. The first kappa shape index (κ1) is 31.1. The van der Waals surface area contributed by atoms with Gasteiger partial charge in [0, 0.05) is 5.92 Å². The maximum Gasteiger partial charge on any atom is 0.331 e. The first-order chi connectivity index (χ1) is 19.4. The van der Waals surface area contributed by atoms with E-state index < -0.39 is 26.0 Å². The summed E-state index contributed by atoms with van der Waals surface area (Å²) < 4.78 is 13.8. The number of carbonyl (C=O) groups is 1. The second-order valence-electron chi connectivity index (χ2n) is 13.3. The molecule has 1 N–H and O–H groups in total. The summed E-state index contributed by atoms with van der Waals surface area (Å²) in [5.41, 5.74) is 1.91. The fourth-order valence-corrected chi connectivity index (χ4v) is 11.4. The van der Waals surface area contributed by atoms with E-state index in [0.717, 1.165) is 28.1 Å². The van der Waals surface area contributed by atoms with Crippen LogP contribution in [0, 0.1) is 5.92 Å². The van der Waals surface area contributed by atoms with Crippen molar-refractivity contribution >= 4 is 24.7 Å². The van der Waals surface area contributed by atoms with Crippen LogP contribution in [0.25, 0.3) is 0 Å². The lowest BCUT2D eigenvalue weighted by atomic mass is 9.72. The zero-order chi connectivity index (χ0) is 29.8. The number of ether oxygens (including phenoxy) is 1. The minimum Gasteiger partial charge on any atom is -0.487 e. The molecule has 0 aliphatic carbocycles. The SMILES string of the molecule is CCCCCc1ccc2c(c1)OC(C)(C)C(CC(O[Si](c1ccccc1)(c1ccccc1)C(C)(C)C)C(=O)O)C2C. The molecule has 1 heterocycles. The van der Waals surface area contributed by atoms with Gasteiger partial charge in [-0.2, -0.15) is 0 Å². The molecule has 0 aromatic heterocycles. The van der Waals surface area contributed by atoms with Crippen molar-refractivity contribution in [2.45, 2.75) is 103 Å². The van der Waals surface area contributed by atoms with Gasteiger partial charge in [0.25, 0.3) is 8.32 Å². The minimum atomic E-state index is -3.04. The van der Waals surface area contributed by atoms with E-state index in [9.17, 15) is 9.90 Å². The van der Waals surface area contributed by atoms with Crippen LogP contribution in [0.1, 0.15) is 91.2 Å². The molecule has 4 nitrogen and oxygen atoms in total. The lowest BCUT2D eigenvalue weighted by Crippen LogP contribution is -2.68. The zero-order valence-corrected chi connectivity index (χ0v) is 26.9.